The van der Waals surface area contributed by atoms with Crippen molar-refractivity contribution in [3.05, 3.63) is 0 Å². The first-order chi connectivity index (χ1) is 7.11. The monoisotopic (exact) mass is 278 g/mol. The van der Waals surface area contributed by atoms with Crippen molar-refractivity contribution in [3.63, 3.8) is 0 Å². The van der Waals surface area contributed by atoms with Crippen molar-refractivity contribution >= 4 is 35.0 Å². The molecule has 104 valence electrons. The maximum atomic E-state index is 9.74. The molecular weight excluding hydrogens is 260 g/mol. The van der Waals surface area contributed by atoms with Crippen LogP contribution in [0.3, 0.4) is 0 Å². The quantitative estimate of drug-likeness (QED) is 0.363. The zero-order chi connectivity index (χ0) is 13.5. The molecule has 0 aliphatic rings. The smallest absolute Gasteiger partial charge is 0.548 e. The molecule has 0 fully saturated rings. The molecule has 18 heavy (non-hydrogen) atoms. The number of aliphatic hydroxyl groups excluding tert-OH is 2. The number of carbonyl (C=O) groups is 2. The van der Waals surface area contributed by atoms with Crippen LogP contribution in [-0.4, -0.2) is 75.0 Å². The maximum absolute atomic E-state index is 9.74. The second-order valence-corrected chi connectivity index (χ2v) is 3.17. The SMILES string of the molecule is C[C@@H](O)[C@H](N)C(=O)[O-].C[C@@H](O)[C@H](N)C(=O)[O-].O.[Mg+2]. The normalized spacial score (nSPS) is 15.4. The number of carbonyl (C=O) groups excluding carboxylic acids is 2. The average molecular weight is 279 g/mol. The van der Waals surface area contributed by atoms with Gasteiger partial charge >= 0.3 is 23.1 Å². The second-order valence-electron chi connectivity index (χ2n) is 3.17. The van der Waals surface area contributed by atoms with Crippen molar-refractivity contribution in [2.24, 2.45) is 11.5 Å². The molecule has 0 heterocycles. The van der Waals surface area contributed by atoms with Crippen molar-refractivity contribution in [1.29, 1.82) is 0 Å². The van der Waals surface area contributed by atoms with E-state index in [1.54, 1.807) is 0 Å². The van der Waals surface area contributed by atoms with Gasteiger partial charge in [0.15, 0.2) is 0 Å². The van der Waals surface area contributed by atoms with E-state index < -0.39 is 36.2 Å². The van der Waals surface area contributed by atoms with Gasteiger partial charge in [0, 0.05) is 0 Å². The Morgan fingerprint density at radius 1 is 0.944 bits per heavy atom. The van der Waals surface area contributed by atoms with Gasteiger partial charge in [-0.05, 0) is 13.8 Å². The Bertz CT molecular complexity index is 213. The minimum atomic E-state index is -1.43. The molecule has 0 aliphatic heterocycles. The van der Waals surface area contributed by atoms with Crippen LogP contribution < -0.4 is 21.7 Å². The molecule has 0 saturated heterocycles. The Hall–Kier alpha value is -0.494. The predicted molar refractivity (Wildman–Crippen MR) is 58.7 cm³/mol. The summed E-state index contributed by atoms with van der Waals surface area (Å²) in [7, 11) is 0. The van der Waals surface area contributed by atoms with E-state index in [2.05, 4.69) is 0 Å². The summed E-state index contributed by atoms with van der Waals surface area (Å²) < 4.78 is 0. The molecule has 0 spiro atoms. The topological polar surface area (TPSA) is 204 Å². The predicted octanol–water partition coefficient (Wildman–Crippen LogP) is -6.32. The molecular formula is C8H18MgN2O7. The van der Waals surface area contributed by atoms with Crippen LogP contribution in [0.2, 0.25) is 0 Å². The number of hydrogen-bond donors (Lipinski definition) is 4. The molecule has 0 amide bonds. The van der Waals surface area contributed by atoms with Crippen molar-refractivity contribution in [2.75, 3.05) is 0 Å². The van der Waals surface area contributed by atoms with E-state index in [0.29, 0.717) is 0 Å². The third-order valence-corrected chi connectivity index (χ3v) is 1.58. The number of rotatable bonds is 4. The third kappa shape index (κ3) is 13.6. The Kier molecular flexibility index (Phi) is 18.8. The van der Waals surface area contributed by atoms with Crippen molar-refractivity contribution < 1.29 is 35.5 Å². The minimum absolute atomic E-state index is 0. The van der Waals surface area contributed by atoms with Crippen LogP contribution in [0.5, 0.6) is 0 Å². The minimum Gasteiger partial charge on any atom is -0.548 e. The summed E-state index contributed by atoms with van der Waals surface area (Å²) in [5.41, 5.74) is 9.69. The van der Waals surface area contributed by atoms with Crippen LogP contribution in [0, 0.1) is 0 Å². The second kappa shape index (κ2) is 13.0. The van der Waals surface area contributed by atoms with Crippen LogP contribution in [0.25, 0.3) is 0 Å². The molecule has 0 aliphatic carbocycles. The first kappa shape index (κ1) is 26.1. The Morgan fingerprint density at radius 2 is 1.11 bits per heavy atom. The summed E-state index contributed by atoms with van der Waals surface area (Å²) >= 11 is 0. The maximum Gasteiger partial charge on any atom is 2.00 e. The first-order valence-corrected chi connectivity index (χ1v) is 4.40. The molecule has 0 unspecified atom stereocenters. The van der Waals surface area contributed by atoms with Gasteiger partial charge in [0.1, 0.15) is 0 Å². The van der Waals surface area contributed by atoms with Crippen LogP contribution in [0.15, 0.2) is 0 Å². The zero-order valence-corrected chi connectivity index (χ0v) is 11.6. The first-order valence-electron chi connectivity index (χ1n) is 4.40. The molecule has 0 radical (unpaired) electrons. The summed E-state index contributed by atoms with van der Waals surface area (Å²) in [5, 5.41) is 36.4. The van der Waals surface area contributed by atoms with Crippen molar-refractivity contribution in [3.8, 4) is 0 Å². The van der Waals surface area contributed by atoms with Gasteiger partial charge in [0.2, 0.25) is 0 Å². The van der Waals surface area contributed by atoms with Gasteiger partial charge in [-0.25, -0.2) is 0 Å². The number of carboxylic acid groups (broad SMARTS) is 2. The molecule has 0 saturated carbocycles. The van der Waals surface area contributed by atoms with Crippen molar-refractivity contribution in [2.45, 2.75) is 38.1 Å². The fraction of sp³-hybridized carbons (Fsp3) is 0.750. The molecule has 8 N–H and O–H groups in total. The Balaban J connectivity index is -0.0000000980. The van der Waals surface area contributed by atoms with E-state index in [-0.39, 0.29) is 28.5 Å². The molecule has 0 aromatic rings. The van der Waals surface area contributed by atoms with E-state index in [0.717, 1.165) is 0 Å². The van der Waals surface area contributed by atoms with Crippen molar-refractivity contribution in [1.82, 2.24) is 0 Å². The van der Waals surface area contributed by atoms with Gasteiger partial charge in [-0.15, -0.1) is 0 Å². The summed E-state index contributed by atoms with van der Waals surface area (Å²) in [4.78, 5) is 19.5. The molecule has 10 heteroatoms. The van der Waals surface area contributed by atoms with Gasteiger partial charge in [-0.3, -0.25) is 0 Å². The summed E-state index contributed by atoms with van der Waals surface area (Å²) in [6, 6.07) is -2.54. The van der Waals surface area contributed by atoms with Crippen LogP contribution in [-0.2, 0) is 9.59 Å². The average Bonchev–Trinajstić information content (AvgIpc) is 2.15. The standard InChI is InChI=1S/2C4H9NO3.Mg.H2O/c2*1-2(6)3(5)4(7)8;;/h2*2-3,6H,5H2,1H3,(H,7,8);;1H2/q;;+2;/p-2/t2*2-,3+;;/m11../s1. The molecule has 0 aromatic carbocycles. The van der Waals surface area contributed by atoms with E-state index in [1.807, 2.05) is 0 Å². The summed E-state index contributed by atoms with van der Waals surface area (Å²) in [5.74, 6) is -2.86. The number of aliphatic hydroxyl groups is 2. The molecule has 0 aromatic heterocycles. The number of carboxylic acids is 2. The van der Waals surface area contributed by atoms with Gasteiger partial charge in [-0.2, -0.15) is 0 Å². The molecule has 0 bridgehead atoms. The van der Waals surface area contributed by atoms with E-state index in [4.69, 9.17) is 21.7 Å². The fourth-order valence-electron chi connectivity index (χ4n) is 0.394. The molecule has 9 nitrogen and oxygen atoms in total. The molecule has 4 atom stereocenters. The van der Waals surface area contributed by atoms with Gasteiger partial charge in [0.25, 0.3) is 0 Å². The number of hydrogen-bond acceptors (Lipinski definition) is 8. The fourth-order valence-corrected chi connectivity index (χ4v) is 0.394. The van der Waals surface area contributed by atoms with E-state index in [1.165, 1.54) is 13.8 Å². The summed E-state index contributed by atoms with van der Waals surface area (Å²) in [6.45, 7) is 2.58. The van der Waals surface area contributed by atoms with Gasteiger partial charge < -0.3 is 47.0 Å². The van der Waals surface area contributed by atoms with Crippen LogP contribution in [0.4, 0.5) is 0 Å². The third-order valence-electron chi connectivity index (χ3n) is 1.58. The van der Waals surface area contributed by atoms with E-state index in [9.17, 15) is 19.8 Å². The van der Waals surface area contributed by atoms with Gasteiger partial charge in [0.05, 0.1) is 36.2 Å². The van der Waals surface area contributed by atoms with E-state index >= 15 is 0 Å². The summed E-state index contributed by atoms with van der Waals surface area (Å²) in [6.07, 6.45) is -2.08. The van der Waals surface area contributed by atoms with Crippen LogP contribution >= 0.6 is 0 Å². The van der Waals surface area contributed by atoms with Gasteiger partial charge in [-0.1, -0.05) is 0 Å². The number of nitrogens with two attached hydrogens (primary N) is 2. The van der Waals surface area contributed by atoms with Crippen LogP contribution in [0.1, 0.15) is 13.8 Å². The largest absolute Gasteiger partial charge is 2.00 e. The Labute approximate surface area is 120 Å². The zero-order valence-electron chi connectivity index (χ0n) is 10.2. The molecule has 0 rings (SSSR count). The number of aliphatic carboxylic acids is 2. The Morgan fingerprint density at radius 3 is 1.11 bits per heavy atom.